The summed E-state index contributed by atoms with van der Waals surface area (Å²) in [5.41, 5.74) is 1.87. The first-order valence-corrected chi connectivity index (χ1v) is 8.89. The minimum Gasteiger partial charge on any atom is -0.347 e. The Labute approximate surface area is 136 Å². The van der Waals surface area contributed by atoms with Crippen LogP contribution in [-0.4, -0.2) is 28.2 Å². The Kier molecular flexibility index (Phi) is 4.58. The third-order valence-electron chi connectivity index (χ3n) is 3.74. The Balaban J connectivity index is 1.68. The number of nitro benzene ring substituents is 1. The number of hydrogen-bond acceptors (Lipinski definition) is 7. The van der Waals surface area contributed by atoms with Crippen LogP contribution in [0.15, 0.2) is 22.5 Å². The molecule has 1 saturated heterocycles. The molecule has 22 heavy (non-hydrogen) atoms. The third-order valence-corrected chi connectivity index (χ3v) is 5.90. The lowest BCUT2D eigenvalue weighted by Gasteiger charge is -2.10. The van der Waals surface area contributed by atoms with Crippen molar-refractivity contribution in [2.75, 3.05) is 18.0 Å². The maximum absolute atomic E-state index is 11.0. The highest BCUT2D eigenvalue weighted by molar-refractivity contribution is 8.00. The first-order chi connectivity index (χ1) is 10.6. The number of benzene rings is 1. The lowest BCUT2D eigenvalue weighted by atomic mass is 10.1. The van der Waals surface area contributed by atoms with Gasteiger partial charge < -0.3 is 4.90 Å². The van der Waals surface area contributed by atoms with E-state index in [1.54, 1.807) is 42.2 Å². The molecule has 0 radical (unpaired) electrons. The zero-order chi connectivity index (χ0) is 15.5. The maximum Gasteiger partial charge on any atom is 0.272 e. The fourth-order valence-corrected chi connectivity index (χ4v) is 4.42. The number of aromatic nitrogens is 2. The van der Waals surface area contributed by atoms with E-state index in [4.69, 9.17) is 0 Å². The Hall–Kier alpha value is -1.67. The summed E-state index contributed by atoms with van der Waals surface area (Å²) in [4.78, 5) is 12.9. The van der Waals surface area contributed by atoms with Crippen molar-refractivity contribution >= 4 is 33.9 Å². The van der Waals surface area contributed by atoms with Crippen LogP contribution >= 0.6 is 23.1 Å². The highest BCUT2D eigenvalue weighted by atomic mass is 32.2. The predicted octanol–water partition coefficient (Wildman–Crippen LogP) is 3.65. The minimum atomic E-state index is -0.333. The molecule has 1 aromatic heterocycles. The number of hydrogen-bond donors (Lipinski definition) is 0. The molecule has 1 aliphatic rings. The third kappa shape index (κ3) is 3.22. The second kappa shape index (κ2) is 6.62. The van der Waals surface area contributed by atoms with Gasteiger partial charge in [0.1, 0.15) is 0 Å². The lowest BCUT2D eigenvalue weighted by Crippen LogP contribution is -2.17. The van der Waals surface area contributed by atoms with E-state index >= 15 is 0 Å². The SMILES string of the molecule is Cc1c(CSc2nnc(N3CCCC3)s2)cccc1[N+](=O)[O-]. The van der Waals surface area contributed by atoms with Crippen molar-refractivity contribution in [1.82, 2.24) is 10.2 Å². The summed E-state index contributed by atoms with van der Waals surface area (Å²) in [7, 11) is 0. The van der Waals surface area contributed by atoms with Gasteiger partial charge in [-0.2, -0.15) is 0 Å². The van der Waals surface area contributed by atoms with Gasteiger partial charge in [0.25, 0.3) is 5.69 Å². The van der Waals surface area contributed by atoms with Crippen LogP contribution in [0, 0.1) is 17.0 Å². The number of nitro groups is 1. The normalized spacial score (nSPS) is 14.5. The Morgan fingerprint density at radius 2 is 2.14 bits per heavy atom. The van der Waals surface area contributed by atoms with Gasteiger partial charge in [-0.1, -0.05) is 35.2 Å². The standard InChI is InChI=1S/C14H16N4O2S2/c1-10-11(5-4-6-12(10)18(19)20)9-21-14-16-15-13(22-14)17-7-2-3-8-17/h4-6H,2-3,7-9H2,1H3. The molecule has 116 valence electrons. The van der Waals surface area contributed by atoms with E-state index in [0.29, 0.717) is 5.75 Å². The van der Waals surface area contributed by atoms with Gasteiger partial charge in [0.05, 0.1) is 4.92 Å². The summed E-state index contributed by atoms with van der Waals surface area (Å²) in [5.74, 6) is 0.669. The summed E-state index contributed by atoms with van der Waals surface area (Å²) < 4.78 is 0.910. The van der Waals surface area contributed by atoms with Crippen molar-refractivity contribution < 1.29 is 4.92 Å². The molecule has 2 heterocycles. The molecule has 0 bridgehead atoms. The van der Waals surface area contributed by atoms with Gasteiger partial charge in [-0.25, -0.2) is 0 Å². The van der Waals surface area contributed by atoms with Crippen molar-refractivity contribution in [1.29, 1.82) is 0 Å². The maximum atomic E-state index is 11.0. The molecule has 0 aliphatic carbocycles. The monoisotopic (exact) mass is 336 g/mol. The fraction of sp³-hybridized carbons (Fsp3) is 0.429. The van der Waals surface area contributed by atoms with E-state index in [-0.39, 0.29) is 10.6 Å². The molecule has 8 heteroatoms. The van der Waals surface area contributed by atoms with Crippen molar-refractivity contribution in [3.8, 4) is 0 Å². The Morgan fingerprint density at radius 1 is 1.36 bits per heavy atom. The van der Waals surface area contributed by atoms with Crippen molar-refractivity contribution in [2.45, 2.75) is 29.9 Å². The zero-order valence-corrected chi connectivity index (χ0v) is 13.8. The zero-order valence-electron chi connectivity index (χ0n) is 12.2. The molecule has 0 atom stereocenters. The van der Waals surface area contributed by atoms with Gasteiger partial charge in [0, 0.05) is 30.5 Å². The van der Waals surface area contributed by atoms with Crippen molar-refractivity contribution in [3.63, 3.8) is 0 Å². The van der Waals surface area contributed by atoms with Crippen LogP contribution in [0.1, 0.15) is 24.0 Å². The van der Waals surface area contributed by atoms with E-state index in [1.807, 2.05) is 6.07 Å². The average molecular weight is 336 g/mol. The van der Waals surface area contributed by atoms with Crippen LogP contribution in [0.2, 0.25) is 0 Å². The average Bonchev–Trinajstić information content (AvgIpc) is 3.17. The van der Waals surface area contributed by atoms with Crippen LogP contribution < -0.4 is 4.90 Å². The molecule has 6 nitrogen and oxygen atoms in total. The second-order valence-electron chi connectivity index (χ2n) is 5.15. The lowest BCUT2D eigenvalue weighted by molar-refractivity contribution is -0.385. The first-order valence-electron chi connectivity index (χ1n) is 7.09. The largest absolute Gasteiger partial charge is 0.347 e. The van der Waals surface area contributed by atoms with Gasteiger partial charge in [0.2, 0.25) is 5.13 Å². The van der Waals surface area contributed by atoms with Gasteiger partial charge in [-0.3, -0.25) is 10.1 Å². The molecule has 2 aromatic rings. The van der Waals surface area contributed by atoms with Crippen LogP contribution in [0.4, 0.5) is 10.8 Å². The fourth-order valence-electron chi connectivity index (χ4n) is 2.46. The highest BCUT2D eigenvalue weighted by Gasteiger charge is 2.18. The predicted molar refractivity (Wildman–Crippen MR) is 88.8 cm³/mol. The number of nitrogens with zero attached hydrogens (tertiary/aromatic N) is 4. The number of thioether (sulfide) groups is 1. The van der Waals surface area contributed by atoms with Crippen molar-refractivity contribution in [3.05, 3.63) is 39.4 Å². The highest BCUT2D eigenvalue weighted by Crippen LogP contribution is 2.33. The first kappa shape index (κ1) is 15.2. The summed E-state index contributed by atoms with van der Waals surface area (Å²) in [6, 6.07) is 5.20. The molecule has 0 spiro atoms. The van der Waals surface area contributed by atoms with E-state index in [9.17, 15) is 10.1 Å². The molecule has 0 unspecified atom stereocenters. The van der Waals surface area contributed by atoms with Gasteiger partial charge >= 0.3 is 0 Å². The molecule has 1 fully saturated rings. The van der Waals surface area contributed by atoms with Crippen LogP contribution in [-0.2, 0) is 5.75 Å². The molecular weight excluding hydrogens is 320 g/mol. The number of rotatable bonds is 5. The molecule has 1 aromatic carbocycles. The van der Waals surface area contributed by atoms with E-state index in [2.05, 4.69) is 15.1 Å². The summed E-state index contributed by atoms with van der Waals surface area (Å²) >= 11 is 3.18. The molecule has 1 aliphatic heterocycles. The van der Waals surface area contributed by atoms with E-state index in [0.717, 1.165) is 33.7 Å². The van der Waals surface area contributed by atoms with Crippen LogP contribution in [0.3, 0.4) is 0 Å². The Bertz CT molecular complexity index is 683. The van der Waals surface area contributed by atoms with Crippen molar-refractivity contribution in [2.24, 2.45) is 0 Å². The van der Waals surface area contributed by atoms with Gasteiger partial charge in [0.15, 0.2) is 4.34 Å². The van der Waals surface area contributed by atoms with Crippen LogP contribution in [0.5, 0.6) is 0 Å². The molecule has 0 N–H and O–H groups in total. The molecule has 0 amide bonds. The van der Waals surface area contributed by atoms with Gasteiger partial charge in [-0.15, -0.1) is 10.2 Å². The van der Waals surface area contributed by atoms with E-state index in [1.165, 1.54) is 12.8 Å². The second-order valence-corrected chi connectivity index (χ2v) is 7.33. The Morgan fingerprint density at radius 3 is 2.86 bits per heavy atom. The van der Waals surface area contributed by atoms with E-state index < -0.39 is 0 Å². The minimum absolute atomic E-state index is 0.174. The summed E-state index contributed by atoms with van der Waals surface area (Å²) in [6.45, 7) is 3.91. The van der Waals surface area contributed by atoms with Crippen LogP contribution in [0.25, 0.3) is 0 Å². The molecule has 3 rings (SSSR count). The molecule has 0 saturated carbocycles. The summed E-state index contributed by atoms with van der Waals surface area (Å²) in [6.07, 6.45) is 2.43. The van der Waals surface area contributed by atoms with Gasteiger partial charge in [-0.05, 0) is 25.3 Å². The quantitative estimate of drug-likeness (QED) is 0.471. The molecular formula is C14H16N4O2S2. The topological polar surface area (TPSA) is 72.2 Å². The smallest absolute Gasteiger partial charge is 0.272 e. The number of anilines is 1. The summed E-state index contributed by atoms with van der Waals surface area (Å²) in [5, 5.41) is 20.4.